The van der Waals surface area contributed by atoms with Gasteiger partial charge in [-0.3, -0.25) is 0 Å². The van der Waals surface area contributed by atoms with Crippen LogP contribution in [0.4, 0.5) is 4.39 Å². The smallest absolute Gasteiger partial charge is 0.159 e. The molecule has 0 aliphatic carbocycles. The Kier molecular flexibility index (Phi) is 2.99. The van der Waals surface area contributed by atoms with Crippen molar-refractivity contribution in [2.75, 3.05) is 0 Å². The quantitative estimate of drug-likeness (QED) is 0.277. The minimum Gasteiger partial charge on any atom is -0.505 e. The van der Waals surface area contributed by atoms with Crippen molar-refractivity contribution in [3.63, 3.8) is 0 Å². The normalized spacial score (nSPS) is 12.2. The molecular weight excluding hydrogens is 388 g/mol. The molecule has 124 valence electrons. The molecule has 2 heterocycles. The fraction of sp³-hybridized carbons (Fsp3) is 0. The average Bonchev–Trinajstić information content (AvgIpc) is 3.17. The molecular formula is C18H7Cl3FNO2. The van der Waals surface area contributed by atoms with Gasteiger partial charge in [0.25, 0.3) is 0 Å². The van der Waals surface area contributed by atoms with Crippen molar-refractivity contribution < 1.29 is 13.9 Å². The Hall–Kier alpha value is -2.14. The standard InChI is InChI=1S/C18H7Cl3FNO2/c19-12-11-7-4-5-9-10(6-2-1-3-8(22)15(6)23-9)17(7)25-18(11)14(21)16(24)13(12)20/h1-5,23-24H. The van der Waals surface area contributed by atoms with Crippen LogP contribution in [0.25, 0.3) is 43.7 Å². The summed E-state index contributed by atoms with van der Waals surface area (Å²) in [6.07, 6.45) is 0. The minimum absolute atomic E-state index is 0.0141. The van der Waals surface area contributed by atoms with E-state index in [9.17, 15) is 9.50 Å². The largest absolute Gasteiger partial charge is 0.505 e. The number of aromatic hydroxyl groups is 1. The fourth-order valence-corrected chi connectivity index (χ4v) is 4.06. The van der Waals surface area contributed by atoms with Crippen LogP contribution in [0.1, 0.15) is 0 Å². The molecule has 0 atom stereocenters. The first kappa shape index (κ1) is 15.1. The molecule has 0 saturated carbocycles. The number of para-hydroxylation sites is 1. The first-order valence-electron chi connectivity index (χ1n) is 7.29. The monoisotopic (exact) mass is 393 g/mol. The van der Waals surface area contributed by atoms with Gasteiger partial charge < -0.3 is 14.5 Å². The van der Waals surface area contributed by atoms with Crippen LogP contribution in [0.2, 0.25) is 15.1 Å². The SMILES string of the molecule is Oc1c(Cl)c(Cl)c2c(oc3c2ccc2[nH]c4c(F)cccc4c23)c1Cl. The minimum atomic E-state index is -0.352. The number of H-pyrrole nitrogens is 1. The predicted molar refractivity (Wildman–Crippen MR) is 99.7 cm³/mol. The number of hydrogen-bond acceptors (Lipinski definition) is 2. The van der Waals surface area contributed by atoms with E-state index in [-0.39, 0.29) is 32.2 Å². The maximum atomic E-state index is 14.1. The van der Waals surface area contributed by atoms with E-state index in [0.717, 1.165) is 0 Å². The number of fused-ring (bicyclic) bond motifs is 7. The van der Waals surface area contributed by atoms with Crippen molar-refractivity contribution in [2.24, 2.45) is 0 Å². The van der Waals surface area contributed by atoms with Gasteiger partial charge in [0.1, 0.15) is 21.4 Å². The summed E-state index contributed by atoms with van der Waals surface area (Å²) in [5.41, 5.74) is 1.84. The molecule has 7 heteroatoms. The van der Waals surface area contributed by atoms with Gasteiger partial charge in [-0.05, 0) is 18.2 Å². The van der Waals surface area contributed by atoms with E-state index in [2.05, 4.69) is 4.98 Å². The van der Waals surface area contributed by atoms with E-state index >= 15 is 0 Å². The second kappa shape index (κ2) is 4.94. The predicted octanol–water partition coefficient (Wildman–Crippen LogP) is 7.03. The summed E-state index contributed by atoms with van der Waals surface area (Å²) in [5, 5.41) is 12.7. The number of rotatable bonds is 0. The molecule has 0 saturated heterocycles. The molecule has 5 rings (SSSR count). The number of phenols is 1. The second-order valence-electron chi connectivity index (χ2n) is 5.75. The number of furan rings is 1. The molecule has 3 aromatic carbocycles. The maximum absolute atomic E-state index is 14.1. The molecule has 0 aliphatic heterocycles. The van der Waals surface area contributed by atoms with Crippen molar-refractivity contribution in [1.29, 1.82) is 0 Å². The van der Waals surface area contributed by atoms with Crippen LogP contribution in [-0.4, -0.2) is 10.1 Å². The number of phenolic OH excluding ortho intramolecular Hbond substituents is 1. The number of aromatic amines is 1. The molecule has 5 aromatic rings. The van der Waals surface area contributed by atoms with Gasteiger partial charge in [0.15, 0.2) is 11.3 Å². The van der Waals surface area contributed by atoms with E-state index in [0.29, 0.717) is 38.2 Å². The third kappa shape index (κ3) is 1.82. The van der Waals surface area contributed by atoms with Gasteiger partial charge in [-0.1, -0.05) is 46.9 Å². The molecule has 2 N–H and O–H groups in total. The van der Waals surface area contributed by atoms with Gasteiger partial charge in [0.05, 0.1) is 26.8 Å². The number of nitrogens with one attached hydrogen (secondary N) is 1. The van der Waals surface area contributed by atoms with Crippen molar-refractivity contribution in [3.8, 4) is 5.75 Å². The Morgan fingerprint density at radius 2 is 1.68 bits per heavy atom. The summed E-state index contributed by atoms with van der Waals surface area (Å²) in [7, 11) is 0. The van der Waals surface area contributed by atoms with E-state index in [4.69, 9.17) is 39.2 Å². The van der Waals surface area contributed by atoms with Crippen molar-refractivity contribution in [3.05, 3.63) is 51.2 Å². The number of halogens is 4. The summed E-state index contributed by atoms with van der Waals surface area (Å²) in [4.78, 5) is 3.06. The van der Waals surface area contributed by atoms with Gasteiger partial charge in [-0.15, -0.1) is 0 Å². The molecule has 25 heavy (non-hydrogen) atoms. The van der Waals surface area contributed by atoms with Gasteiger partial charge in [-0.2, -0.15) is 0 Å². The van der Waals surface area contributed by atoms with Crippen LogP contribution in [0, 0.1) is 5.82 Å². The van der Waals surface area contributed by atoms with Gasteiger partial charge >= 0.3 is 0 Å². The Bertz CT molecular complexity index is 1350. The van der Waals surface area contributed by atoms with Crippen molar-refractivity contribution >= 4 is 78.5 Å². The molecule has 0 radical (unpaired) electrons. The second-order valence-corrected chi connectivity index (χ2v) is 6.88. The van der Waals surface area contributed by atoms with E-state index in [1.165, 1.54) is 6.07 Å². The average molecular weight is 395 g/mol. The van der Waals surface area contributed by atoms with Crippen molar-refractivity contribution in [1.82, 2.24) is 4.98 Å². The Morgan fingerprint density at radius 1 is 0.880 bits per heavy atom. The van der Waals surface area contributed by atoms with Crippen LogP contribution >= 0.6 is 34.8 Å². The van der Waals surface area contributed by atoms with Gasteiger partial charge in [0, 0.05) is 10.8 Å². The highest BCUT2D eigenvalue weighted by Gasteiger charge is 2.23. The first-order chi connectivity index (χ1) is 12.0. The lowest BCUT2D eigenvalue weighted by atomic mass is 10.1. The lowest BCUT2D eigenvalue weighted by Gasteiger charge is -2.03. The topological polar surface area (TPSA) is 49.2 Å². The fourth-order valence-electron chi connectivity index (χ4n) is 3.32. The lowest BCUT2D eigenvalue weighted by molar-refractivity contribution is 0.475. The molecule has 0 bridgehead atoms. The molecule has 0 fully saturated rings. The van der Waals surface area contributed by atoms with Crippen LogP contribution in [0.3, 0.4) is 0 Å². The molecule has 0 spiro atoms. The Morgan fingerprint density at radius 3 is 2.48 bits per heavy atom. The van der Waals surface area contributed by atoms with Gasteiger partial charge in [0.2, 0.25) is 0 Å². The van der Waals surface area contributed by atoms with E-state index in [1.54, 1.807) is 18.2 Å². The molecule has 0 amide bonds. The summed E-state index contributed by atoms with van der Waals surface area (Å²) in [5.74, 6) is -0.684. The summed E-state index contributed by atoms with van der Waals surface area (Å²) < 4.78 is 20.1. The zero-order chi connectivity index (χ0) is 17.5. The third-order valence-electron chi connectivity index (χ3n) is 4.43. The molecule has 0 unspecified atom stereocenters. The maximum Gasteiger partial charge on any atom is 0.159 e. The number of aromatic nitrogens is 1. The van der Waals surface area contributed by atoms with Gasteiger partial charge in [-0.25, -0.2) is 4.39 Å². The molecule has 3 nitrogen and oxygen atoms in total. The third-order valence-corrected chi connectivity index (χ3v) is 5.62. The van der Waals surface area contributed by atoms with Crippen LogP contribution in [0.15, 0.2) is 34.7 Å². The first-order valence-corrected chi connectivity index (χ1v) is 8.43. The summed E-state index contributed by atoms with van der Waals surface area (Å²) in [6.45, 7) is 0. The Balaban J connectivity index is 2.11. The van der Waals surface area contributed by atoms with Crippen LogP contribution in [0.5, 0.6) is 5.75 Å². The zero-order valence-corrected chi connectivity index (χ0v) is 14.5. The van der Waals surface area contributed by atoms with Crippen LogP contribution in [-0.2, 0) is 0 Å². The summed E-state index contributed by atoms with van der Waals surface area (Å²) in [6, 6.07) is 8.44. The highest BCUT2D eigenvalue weighted by molar-refractivity contribution is 6.50. The van der Waals surface area contributed by atoms with E-state index in [1.807, 2.05) is 6.07 Å². The number of benzene rings is 3. The van der Waals surface area contributed by atoms with Crippen molar-refractivity contribution in [2.45, 2.75) is 0 Å². The highest BCUT2D eigenvalue weighted by Crippen LogP contribution is 2.49. The zero-order valence-electron chi connectivity index (χ0n) is 12.3. The van der Waals surface area contributed by atoms with Crippen LogP contribution < -0.4 is 0 Å². The number of hydrogen-bond donors (Lipinski definition) is 2. The lowest BCUT2D eigenvalue weighted by Crippen LogP contribution is -1.77. The van der Waals surface area contributed by atoms with E-state index < -0.39 is 0 Å². The molecule has 2 aromatic heterocycles. The summed E-state index contributed by atoms with van der Waals surface area (Å²) >= 11 is 18.6. The Labute approximate surface area is 154 Å². The highest BCUT2D eigenvalue weighted by atomic mass is 35.5. The molecule has 0 aliphatic rings.